The van der Waals surface area contributed by atoms with Gasteiger partial charge in [0.2, 0.25) is 0 Å². The van der Waals surface area contributed by atoms with Gasteiger partial charge in [0.25, 0.3) is 0 Å². The molecule has 2 fully saturated rings. The molecule has 2 aromatic carbocycles. The molecule has 0 saturated carbocycles. The van der Waals surface area contributed by atoms with Crippen molar-refractivity contribution in [3.63, 3.8) is 0 Å². The molecule has 0 N–H and O–H groups in total. The Balaban J connectivity index is 1.46. The topological polar surface area (TPSA) is 18.5 Å². The van der Waals surface area contributed by atoms with Crippen molar-refractivity contribution >= 4 is 0 Å². The summed E-state index contributed by atoms with van der Waals surface area (Å²) in [4.78, 5) is 0. The molecular weight excluding hydrogens is 248 g/mol. The Kier molecular flexibility index (Phi) is 3.06. The lowest BCUT2D eigenvalue weighted by Gasteiger charge is -2.16. The molecule has 0 radical (unpaired) electrons. The van der Waals surface area contributed by atoms with Gasteiger partial charge >= 0.3 is 0 Å². The zero-order valence-electron chi connectivity index (χ0n) is 11.3. The van der Waals surface area contributed by atoms with E-state index in [1.54, 1.807) is 0 Å². The van der Waals surface area contributed by atoms with E-state index in [4.69, 9.17) is 9.47 Å². The van der Waals surface area contributed by atoms with Crippen LogP contribution >= 0.6 is 0 Å². The molecule has 2 heteroatoms. The highest BCUT2D eigenvalue weighted by atomic mass is 16.7. The number of hydrogen-bond acceptors (Lipinski definition) is 2. The fourth-order valence-electron chi connectivity index (χ4n) is 3.32. The van der Waals surface area contributed by atoms with Crippen LogP contribution in [0.25, 0.3) is 0 Å². The van der Waals surface area contributed by atoms with E-state index in [1.165, 1.54) is 11.1 Å². The van der Waals surface area contributed by atoms with Crippen LogP contribution in [0.4, 0.5) is 0 Å². The summed E-state index contributed by atoms with van der Waals surface area (Å²) in [6, 6.07) is 20.9. The lowest BCUT2D eigenvalue weighted by molar-refractivity contribution is -0.141. The molecule has 2 nitrogen and oxygen atoms in total. The maximum absolute atomic E-state index is 6.10. The Morgan fingerprint density at radius 2 is 1.10 bits per heavy atom. The monoisotopic (exact) mass is 266 g/mol. The smallest absolute Gasteiger partial charge is 0.162 e. The first kappa shape index (κ1) is 12.1. The van der Waals surface area contributed by atoms with Crippen LogP contribution in [0.15, 0.2) is 60.7 Å². The normalized spacial score (nSPS) is 32.2. The Morgan fingerprint density at radius 3 is 1.50 bits per heavy atom. The van der Waals surface area contributed by atoms with E-state index < -0.39 is 0 Å². The van der Waals surface area contributed by atoms with Gasteiger partial charge in [-0.15, -0.1) is 0 Å². The number of benzene rings is 2. The van der Waals surface area contributed by atoms with Crippen LogP contribution in [0.2, 0.25) is 0 Å². The summed E-state index contributed by atoms with van der Waals surface area (Å²) in [5.74, 6) is 0.519. The van der Waals surface area contributed by atoms with Crippen LogP contribution in [0.3, 0.4) is 0 Å². The fraction of sp³-hybridized carbons (Fsp3) is 0.333. The van der Waals surface area contributed by atoms with Crippen molar-refractivity contribution in [1.29, 1.82) is 0 Å². The van der Waals surface area contributed by atoms with Crippen molar-refractivity contribution < 1.29 is 9.47 Å². The molecule has 0 bridgehead atoms. The predicted octanol–water partition coefficient (Wildman–Crippen LogP) is 4.25. The third-order valence-electron chi connectivity index (χ3n) is 4.36. The summed E-state index contributed by atoms with van der Waals surface area (Å²) in [5, 5.41) is 0. The second kappa shape index (κ2) is 5.04. The van der Waals surface area contributed by atoms with Crippen molar-refractivity contribution in [2.75, 3.05) is 0 Å². The molecule has 102 valence electrons. The molecular formula is C18H18O2. The summed E-state index contributed by atoms with van der Waals surface area (Å²) in [6.07, 6.45) is 2.49. The van der Waals surface area contributed by atoms with Gasteiger partial charge in [-0.2, -0.15) is 0 Å². The molecule has 2 aliphatic heterocycles. The average molecular weight is 266 g/mol. The predicted molar refractivity (Wildman–Crippen MR) is 77.0 cm³/mol. The Bertz CT molecular complexity index is 501. The highest BCUT2D eigenvalue weighted by molar-refractivity contribution is 5.21. The van der Waals surface area contributed by atoms with Gasteiger partial charge in [-0.3, -0.25) is 0 Å². The molecule has 2 aliphatic rings. The molecule has 0 aromatic heterocycles. The molecule has 20 heavy (non-hydrogen) atoms. The van der Waals surface area contributed by atoms with E-state index in [0.29, 0.717) is 5.92 Å². The van der Waals surface area contributed by atoms with E-state index in [1.807, 2.05) is 12.1 Å². The van der Waals surface area contributed by atoms with Gasteiger partial charge in [0.15, 0.2) is 6.29 Å². The van der Waals surface area contributed by atoms with Crippen LogP contribution in [-0.4, -0.2) is 6.29 Å². The van der Waals surface area contributed by atoms with Crippen molar-refractivity contribution in [1.82, 2.24) is 0 Å². The average Bonchev–Trinajstić information content (AvgIpc) is 3.08. The minimum Gasteiger partial charge on any atom is -0.344 e. The molecule has 2 aromatic rings. The maximum atomic E-state index is 6.10. The van der Waals surface area contributed by atoms with E-state index >= 15 is 0 Å². The van der Waals surface area contributed by atoms with E-state index in [2.05, 4.69) is 48.5 Å². The quantitative estimate of drug-likeness (QED) is 0.809. The van der Waals surface area contributed by atoms with Crippen LogP contribution in [-0.2, 0) is 9.47 Å². The first-order valence-electron chi connectivity index (χ1n) is 7.31. The zero-order valence-corrected chi connectivity index (χ0v) is 11.3. The summed E-state index contributed by atoms with van der Waals surface area (Å²) in [5.41, 5.74) is 2.53. The molecule has 2 heterocycles. The third-order valence-corrected chi connectivity index (χ3v) is 4.36. The van der Waals surface area contributed by atoms with Crippen LogP contribution < -0.4 is 0 Å². The van der Waals surface area contributed by atoms with E-state index in [9.17, 15) is 0 Å². The molecule has 2 saturated heterocycles. The summed E-state index contributed by atoms with van der Waals surface area (Å²) >= 11 is 0. The highest BCUT2D eigenvalue weighted by Crippen LogP contribution is 2.48. The van der Waals surface area contributed by atoms with Gasteiger partial charge < -0.3 is 9.47 Å². The van der Waals surface area contributed by atoms with Crippen molar-refractivity contribution in [2.45, 2.75) is 31.3 Å². The maximum Gasteiger partial charge on any atom is 0.162 e. The molecule has 0 spiro atoms. The van der Waals surface area contributed by atoms with Gasteiger partial charge in [0, 0.05) is 5.92 Å². The lowest BCUT2D eigenvalue weighted by Crippen LogP contribution is -2.11. The van der Waals surface area contributed by atoms with Gasteiger partial charge in [0.1, 0.15) is 0 Å². The van der Waals surface area contributed by atoms with E-state index in [-0.39, 0.29) is 18.5 Å². The number of fused-ring (bicyclic) bond motifs is 1. The summed E-state index contributed by atoms with van der Waals surface area (Å²) in [6.45, 7) is 0. The number of ether oxygens (including phenoxy) is 2. The third kappa shape index (κ3) is 2.15. The SMILES string of the molecule is c1ccc(C2CC3CC(c4ccccc4)OC3O2)cc1. The summed E-state index contributed by atoms with van der Waals surface area (Å²) in [7, 11) is 0. The van der Waals surface area contributed by atoms with Gasteiger partial charge in [0.05, 0.1) is 12.2 Å². The first-order chi connectivity index (χ1) is 9.90. The Morgan fingerprint density at radius 1 is 0.650 bits per heavy atom. The van der Waals surface area contributed by atoms with E-state index in [0.717, 1.165) is 12.8 Å². The molecule has 2 unspecified atom stereocenters. The van der Waals surface area contributed by atoms with Gasteiger partial charge in [-0.05, 0) is 24.0 Å². The van der Waals surface area contributed by atoms with Crippen molar-refractivity contribution in [3.8, 4) is 0 Å². The van der Waals surface area contributed by atoms with Crippen molar-refractivity contribution in [3.05, 3.63) is 71.8 Å². The molecule has 2 atom stereocenters. The molecule has 0 amide bonds. The molecule has 4 rings (SSSR count). The summed E-state index contributed by atoms with van der Waals surface area (Å²) < 4.78 is 12.2. The zero-order chi connectivity index (χ0) is 13.4. The standard InChI is InChI=1S/C18H18O2/c1-3-7-13(8-4-1)16-11-15-12-17(20-18(15)19-16)14-9-5-2-6-10-14/h1-10,15-18H,11-12H2. The number of rotatable bonds is 2. The van der Waals surface area contributed by atoms with Crippen LogP contribution in [0.1, 0.15) is 36.2 Å². The Labute approximate surface area is 119 Å². The minimum atomic E-state index is -0.0367. The van der Waals surface area contributed by atoms with Gasteiger partial charge in [-0.1, -0.05) is 60.7 Å². The van der Waals surface area contributed by atoms with Crippen LogP contribution in [0, 0.1) is 5.92 Å². The first-order valence-corrected chi connectivity index (χ1v) is 7.31. The largest absolute Gasteiger partial charge is 0.344 e. The van der Waals surface area contributed by atoms with Crippen LogP contribution in [0.5, 0.6) is 0 Å². The Hall–Kier alpha value is -1.64. The fourth-order valence-corrected chi connectivity index (χ4v) is 3.32. The highest BCUT2D eigenvalue weighted by Gasteiger charge is 2.44. The lowest BCUT2D eigenvalue weighted by atomic mass is 9.94. The minimum absolute atomic E-state index is 0.0367. The van der Waals surface area contributed by atoms with Crippen molar-refractivity contribution in [2.24, 2.45) is 5.92 Å². The second-order valence-electron chi connectivity index (χ2n) is 5.67. The second-order valence-corrected chi connectivity index (χ2v) is 5.67. The number of hydrogen-bond donors (Lipinski definition) is 0. The van der Waals surface area contributed by atoms with Gasteiger partial charge in [-0.25, -0.2) is 0 Å². The molecule has 0 aliphatic carbocycles.